The summed E-state index contributed by atoms with van der Waals surface area (Å²) in [5.41, 5.74) is 0.867. The molecule has 18 heavy (non-hydrogen) atoms. The Kier molecular flexibility index (Phi) is 3.81. The van der Waals surface area contributed by atoms with Crippen LogP contribution in [0, 0.1) is 0 Å². The summed E-state index contributed by atoms with van der Waals surface area (Å²) < 4.78 is 29.2. The first kappa shape index (κ1) is 13.2. The van der Waals surface area contributed by atoms with E-state index in [-0.39, 0.29) is 4.21 Å². The Morgan fingerprint density at radius 2 is 2.28 bits per heavy atom. The van der Waals surface area contributed by atoms with Crippen molar-refractivity contribution in [1.82, 2.24) is 9.78 Å². The third-order valence-electron chi connectivity index (χ3n) is 2.30. The Hall–Kier alpha value is -1.22. The van der Waals surface area contributed by atoms with Crippen LogP contribution in [0.4, 0.5) is 0 Å². The highest BCUT2D eigenvalue weighted by Crippen LogP contribution is 2.29. The Morgan fingerprint density at radius 1 is 1.50 bits per heavy atom. The van der Waals surface area contributed by atoms with E-state index in [1.807, 2.05) is 6.20 Å². The van der Waals surface area contributed by atoms with Crippen molar-refractivity contribution in [3.05, 3.63) is 24.5 Å². The zero-order valence-electron chi connectivity index (χ0n) is 9.74. The highest BCUT2D eigenvalue weighted by Gasteiger charge is 2.12. The van der Waals surface area contributed by atoms with Crippen molar-refractivity contribution in [1.29, 1.82) is 0 Å². The SMILES string of the molecule is COCCn1cc(-c2ccc(S(N)(=O)=O)s2)cn1. The summed E-state index contributed by atoms with van der Waals surface area (Å²) in [7, 11) is -2.00. The molecule has 2 heterocycles. The number of ether oxygens (including phenoxy) is 1. The van der Waals surface area contributed by atoms with Crippen molar-refractivity contribution in [3.63, 3.8) is 0 Å². The summed E-state index contributed by atoms with van der Waals surface area (Å²) in [5.74, 6) is 0. The lowest BCUT2D eigenvalue weighted by molar-refractivity contribution is 0.183. The van der Waals surface area contributed by atoms with Gasteiger partial charge in [-0.15, -0.1) is 11.3 Å². The van der Waals surface area contributed by atoms with E-state index in [1.165, 1.54) is 6.07 Å². The fourth-order valence-corrected chi connectivity index (χ4v) is 3.13. The molecular formula is C10H13N3O3S2. The van der Waals surface area contributed by atoms with Crippen LogP contribution in [0.25, 0.3) is 10.4 Å². The second kappa shape index (κ2) is 5.19. The van der Waals surface area contributed by atoms with E-state index in [9.17, 15) is 8.42 Å². The largest absolute Gasteiger partial charge is 0.383 e. The Labute approximate surface area is 109 Å². The standard InChI is InChI=1S/C10H13N3O3S2/c1-16-5-4-13-7-8(6-12-13)9-2-3-10(17-9)18(11,14)15/h2-3,6-7H,4-5H2,1H3,(H2,11,14,15). The summed E-state index contributed by atoms with van der Waals surface area (Å²) in [6, 6.07) is 3.23. The van der Waals surface area contributed by atoms with Gasteiger partial charge in [-0.25, -0.2) is 13.6 Å². The molecule has 8 heteroatoms. The van der Waals surface area contributed by atoms with Gasteiger partial charge in [-0.3, -0.25) is 4.68 Å². The quantitative estimate of drug-likeness (QED) is 0.885. The van der Waals surface area contributed by atoms with Crippen molar-refractivity contribution in [3.8, 4) is 10.4 Å². The molecule has 0 saturated carbocycles. The smallest absolute Gasteiger partial charge is 0.247 e. The summed E-state index contributed by atoms with van der Waals surface area (Å²) in [5, 5.41) is 9.23. The highest BCUT2D eigenvalue weighted by molar-refractivity contribution is 7.91. The van der Waals surface area contributed by atoms with E-state index in [4.69, 9.17) is 9.88 Å². The molecule has 0 aliphatic rings. The lowest BCUT2D eigenvalue weighted by Crippen LogP contribution is -2.09. The second-order valence-electron chi connectivity index (χ2n) is 3.65. The number of methoxy groups -OCH3 is 1. The molecule has 0 bridgehead atoms. The number of aromatic nitrogens is 2. The molecule has 0 amide bonds. The van der Waals surface area contributed by atoms with Crippen LogP contribution in [0.15, 0.2) is 28.7 Å². The van der Waals surface area contributed by atoms with Crippen LogP contribution in [0.2, 0.25) is 0 Å². The molecule has 0 aliphatic carbocycles. The van der Waals surface area contributed by atoms with Gasteiger partial charge in [-0.1, -0.05) is 0 Å². The predicted octanol–water partition coefficient (Wildman–Crippen LogP) is 0.905. The molecular weight excluding hydrogens is 274 g/mol. The van der Waals surface area contributed by atoms with Gasteiger partial charge in [0.05, 0.1) is 19.3 Å². The minimum absolute atomic E-state index is 0.155. The van der Waals surface area contributed by atoms with Crippen molar-refractivity contribution in [2.75, 3.05) is 13.7 Å². The molecule has 0 aromatic carbocycles. The number of rotatable bonds is 5. The number of nitrogens with two attached hydrogens (primary N) is 1. The number of nitrogens with zero attached hydrogens (tertiary/aromatic N) is 2. The number of primary sulfonamides is 1. The van der Waals surface area contributed by atoms with Crippen molar-refractivity contribution in [2.24, 2.45) is 5.14 Å². The number of hydrogen-bond acceptors (Lipinski definition) is 5. The fraction of sp³-hybridized carbons (Fsp3) is 0.300. The topological polar surface area (TPSA) is 87.2 Å². The minimum atomic E-state index is -3.63. The average molecular weight is 287 g/mol. The maximum atomic E-state index is 11.2. The van der Waals surface area contributed by atoms with Crippen LogP contribution < -0.4 is 5.14 Å². The third kappa shape index (κ3) is 2.96. The molecule has 2 N–H and O–H groups in total. The van der Waals surface area contributed by atoms with Gasteiger partial charge < -0.3 is 4.74 Å². The van der Waals surface area contributed by atoms with Gasteiger partial charge in [-0.2, -0.15) is 5.10 Å². The molecule has 0 atom stereocenters. The summed E-state index contributed by atoms with van der Waals surface area (Å²) in [4.78, 5) is 0.822. The number of thiophene rings is 1. The zero-order valence-corrected chi connectivity index (χ0v) is 11.4. The molecule has 0 spiro atoms. The molecule has 0 fully saturated rings. The maximum absolute atomic E-state index is 11.2. The van der Waals surface area contributed by atoms with Crippen LogP contribution in [-0.2, 0) is 21.3 Å². The second-order valence-corrected chi connectivity index (χ2v) is 6.52. The predicted molar refractivity (Wildman–Crippen MR) is 68.8 cm³/mol. The monoisotopic (exact) mass is 287 g/mol. The van der Waals surface area contributed by atoms with Crippen LogP contribution in [0.1, 0.15) is 0 Å². The van der Waals surface area contributed by atoms with Crippen LogP contribution in [0.5, 0.6) is 0 Å². The fourth-order valence-electron chi connectivity index (χ4n) is 1.43. The van der Waals surface area contributed by atoms with Gasteiger partial charge in [0.2, 0.25) is 10.0 Å². The molecule has 2 aromatic heterocycles. The van der Waals surface area contributed by atoms with E-state index >= 15 is 0 Å². The van der Waals surface area contributed by atoms with Crippen LogP contribution in [-0.4, -0.2) is 31.9 Å². The Bertz CT molecular complexity index is 630. The van der Waals surface area contributed by atoms with Gasteiger partial charge >= 0.3 is 0 Å². The molecule has 6 nitrogen and oxygen atoms in total. The average Bonchev–Trinajstić information content (AvgIpc) is 2.93. The first-order valence-electron chi connectivity index (χ1n) is 5.15. The summed E-state index contributed by atoms with van der Waals surface area (Å²) in [6.07, 6.45) is 3.53. The van der Waals surface area contributed by atoms with Crippen molar-refractivity contribution < 1.29 is 13.2 Å². The maximum Gasteiger partial charge on any atom is 0.247 e. The van der Waals surface area contributed by atoms with Crippen LogP contribution >= 0.6 is 11.3 Å². The van der Waals surface area contributed by atoms with Crippen molar-refractivity contribution in [2.45, 2.75) is 10.8 Å². The number of sulfonamides is 1. The van der Waals surface area contributed by atoms with E-state index in [0.29, 0.717) is 13.2 Å². The molecule has 0 saturated heterocycles. The first-order chi connectivity index (χ1) is 8.50. The lowest BCUT2D eigenvalue weighted by Gasteiger charge is -1.98. The number of hydrogen-bond donors (Lipinski definition) is 1. The first-order valence-corrected chi connectivity index (χ1v) is 7.51. The molecule has 0 radical (unpaired) electrons. The van der Waals surface area contributed by atoms with Gasteiger partial charge in [0.25, 0.3) is 0 Å². The Morgan fingerprint density at radius 3 is 2.89 bits per heavy atom. The third-order valence-corrected chi connectivity index (χ3v) is 4.88. The van der Waals surface area contributed by atoms with E-state index in [0.717, 1.165) is 21.8 Å². The van der Waals surface area contributed by atoms with Crippen LogP contribution in [0.3, 0.4) is 0 Å². The molecule has 2 aromatic rings. The zero-order chi connectivity index (χ0) is 13.2. The normalized spacial score (nSPS) is 11.9. The van der Waals surface area contributed by atoms with Gasteiger partial charge in [0.1, 0.15) is 4.21 Å². The minimum Gasteiger partial charge on any atom is -0.383 e. The molecule has 0 unspecified atom stereocenters. The summed E-state index contributed by atoms with van der Waals surface area (Å²) in [6.45, 7) is 1.23. The molecule has 0 aliphatic heterocycles. The highest BCUT2D eigenvalue weighted by atomic mass is 32.2. The van der Waals surface area contributed by atoms with Gasteiger partial charge in [0, 0.05) is 23.7 Å². The Balaban J connectivity index is 2.21. The van der Waals surface area contributed by atoms with E-state index in [1.54, 1.807) is 24.1 Å². The summed E-state index contributed by atoms with van der Waals surface area (Å²) >= 11 is 1.13. The van der Waals surface area contributed by atoms with E-state index < -0.39 is 10.0 Å². The van der Waals surface area contributed by atoms with E-state index in [2.05, 4.69) is 5.10 Å². The lowest BCUT2D eigenvalue weighted by atomic mass is 10.3. The van der Waals surface area contributed by atoms with Gasteiger partial charge in [-0.05, 0) is 12.1 Å². The molecule has 2 rings (SSSR count). The van der Waals surface area contributed by atoms with Crippen molar-refractivity contribution >= 4 is 21.4 Å². The van der Waals surface area contributed by atoms with Gasteiger partial charge in [0.15, 0.2) is 0 Å². The molecule has 98 valence electrons.